The molecule has 0 aliphatic carbocycles. The van der Waals surface area contributed by atoms with Crippen LogP contribution in [-0.4, -0.2) is 5.11 Å². The van der Waals surface area contributed by atoms with Gasteiger partial charge in [0, 0.05) is 6.42 Å². The lowest BCUT2D eigenvalue weighted by Gasteiger charge is -2.20. The monoisotopic (exact) mass is 272 g/mol. The molecule has 0 spiro atoms. The van der Waals surface area contributed by atoms with Crippen molar-refractivity contribution in [2.45, 2.75) is 40.2 Å². The molecular formula is C18H21FO. The van der Waals surface area contributed by atoms with Gasteiger partial charge in [-0.15, -0.1) is 0 Å². The zero-order valence-corrected chi connectivity index (χ0v) is 12.5. The van der Waals surface area contributed by atoms with E-state index in [1.165, 1.54) is 23.3 Å². The summed E-state index contributed by atoms with van der Waals surface area (Å²) in [4.78, 5) is 0. The zero-order chi connectivity index (χ0) is 14.9. The first-order chi connectivity index (χ1) is 9.40. The smallest absolute Gasteiger partial charge is 0.123 e. The Labute approximate surface area is 120 Å². The Morgan fingerprint density at radius 1 is 0.950 bits per heavy atom. The Hall–Kier alpha value is -1.67. The first-order valence-electron chi connectivity index (χ1n) is 6.90. The van der Waals surface area contributed by atoms with Gasteiger partial charge >= 0.3 is 0 Å². The third kappa shape index (κ3) is 2.91. The topological polar surface area (TPSA) is 20.2 Å². The van der Waals surface area contributed by atoms with Crippen LogP contribution >= 0.6 is 0 Å². The van der Waals surface area contributed by atoms with Gasteiger partial charge in [-0.2, -0.15) is 0 Å². The molecule has 2 aromatic carbocycles. The van der Waals surface area contributed by atoms with E-state index in [4.69, 9.17) is 0 Å². The minimum absolute atomic E-state index is 0.248. The predicted molar refractivity (Wildman–Crippen MR) is 80.5 cm³/mol. The summed E-state index contributed by atoms with van der Waals surface area (Å²) in [7, 11) is 0. The predicted octanol–water partition coefficient (Wildman–Crippen LogP) is 4.34. The Morgan fingerprint density at radius 3 is 1.95 bits per heavy atom. The molecule has 0 radical (unpaired) electrons. The van der Waals surface area contributed by atoms with Gasteiger partial charge in [0.15, 0.2) is 0 Å². The summed E-state index contributed by atoms with van der Waals surface area (Å²) >= 11 is 0. The molecule has 1 N–H and O–H groups in total. The van der Waals surface area contributed by atoms with Crippen molar-refractivity contribution in [3.63, 3.8) is 0 Å². The molecule has 1 unspecified atom stereocenters. The van der Waals surface area contributed by atoms with Crippen LogP contribution in [0.15, 0.2) is 30.3 Å². The van der Waals surface area contributed by atoms with Gasteiger partial charge in [0.2, 0.25) is 0 Å². The van der Waals surface area contributed by atoms with E-state index in [9.17, 15) is 9.50 Å². The van der Waals surface area contributed by atoms with Crippen LogP contribution < -0.4 is 0 Å². The van der Waals surface area contributed by atoms with E-state index in [1.54, 1.807) is 12.1 Å². The molecule has 0 amide bonds. The van der Waals surface area contributed by atoms with Crippen molar-refractivity contribution in [1.82, 2.24) is 0 Å². The zero-order valence-electron chi connectivity index (χ0n) is 12.5. The molecule has 0 bridgehead atoms. The van der Waals surface area contributed by atoms with E-state index < -0.39 is 6.10 Å². The fourth-order valence-electron chi connectivity index (χ4n) is 2.69. The maximum Gasteiger partial charge on any atom is 0.123 e. The first kappa shape index (κ1) is 14.7. The van der Waals surface area contributed by atoms with E-state index in [2.05, 4.69) is 19.9 Å². The van der Waals surface area contributed by atoms with Crippen molar-refractivity contribution in [2.75, 3.05) is 0 Å². The van der Waals surface area contributed by atoms with Crippen molar-refractivity contribution in [3.8, 4) is 0 Å². The molecule has 106 valence electrons. The number of aliphatic hydroxyl groups excluding tert-OH is 1. The quantitative estimate of drug-likeness (QED) is 0.881. The van der Waals surface area contributed by atoms with Crippen molar-refractivity contribution < 1.29 is 9.50 Å². The van der Waals surface area contributed by atoms with Crippen LogP contribution in [-0.2, 0) is 6.42 Å². The Bertz CT molecular complexity index is 588. The molecule has 2 aromatic rings. The standard InChI is InChI=1S/C18H21FO/c1-11-9-12(2)14(4)18(13(11)3)17(20)10-15-5-7-16(19)8-6-15/h5-9,17,20H,10H2,1-4H3. The van der Waals surface area contributed by atoms with Crippen molar-refractivity contribution >= 4 is 0 Å². The van der Waals surface area contributed by atoms with Gasteiger partial charge in [0.25, 0.3) is 0 Å². The number of aliphatic hydroxyl groups is 1. The normalized spacial score (nSPS) is 12.5. The lowest BCUT2D eigenvalue weighted by molar-refractivity contribution is 0.177. The van der Waals surface area contributed by atoms with Gasteiger partial charge in [-0.3, -0.25) is 0 Å². The summed E-state index contributed by atoms with van der Waals surface area (Å²) in [6, 6.07) is 8.48. The number of hydrogen-bond donors (Lipinski definition) is 1. The minimum Gasteiger partial charge on any atom is -0.388 e. The molecule has 2 heteroatoms. The molecule has 0 heterocycles. The fraction of sp³-hybridized carbons (Fsp3) is 0.333. The number of aryl methyl sites for hydroxylation is 2. The number of rotatable bonds is 3. The Kier molecular flexibility index (Phi) is 4.24. The van der Waals surface area contributed by atoms with Gasteiger partial charge in [0.1, 0.15) is 5.82 Å². The molecule has 1 nitrogen and oxygen atoms in total. The molecule has 0 aromatic heterocycles. The van der Waals surface area contributed by atoms with Crippen LogP contribution in [0.3, 0.4) is 0 Å². The highest BCUT2D eigenvalue weighted by atomic mass is 19.1. The van der Waals surface area contributed by atoms with E-state index >= 15 is 0 Å². The van der Waals surface area contributed by atoms with Crippen molar-refractivity contribution in [2.24, 2.45) is 0 Å². The summed E-state index contributed by atoms with van der Waals surface area (Å²) in [6.07, 6.45) is -0.0516. The molecule has 0 aliphatic heterocycles. The Morgan fingerprint density at radius 2 is 1.45 bits per heavy atom. The first-order valence-corrected chi connectivity index (χ1v) is 6.90. The average Bonchev–Trinajstić information content (AvgIpc) is 2.39. The van der Waals surface area contributed by atoms with E-state index in [1.807, 2.05) is 13.8 Å². The number of hydrogen-bond acceptors (Lipinski definition) is 1. The third-order valence-corrected chi connectivity index (χ3v) is 4.10. The molecule has 0 saturated heterocycles. The van der Waals surface area contributed by atoms with Gasteiger partial charge in [0.05, 0.1) is 6.10 Å². The maximum absolute atomic E-state index is 12.9. The second-order valence-corrected chi connectivity index (χ2v) is 5.52. The van der Waals surface area contributed by atoms with Gasteiger partial charge < -0.3 is 5.11 Å². The van der Waals surface area contributed by atoms with Crippen LogP contribution in [0, 0.1) is 33.5 Å². The van der Waals surface area contributed by atoms with Crippen LogP contribution in [0.1, 0.15) is 39.5 Å². The number of benzene rings is 2. The average molecular weight is 272 g/mol. The summed E-state index contributed by atoms with van der Waals surface area (Å²) in [6.45, 7) is 8.22. The molecule has 1 atom stereocenters. The molecule has 2 rings (SSSR count). The molecular weight excluding hydrogens is 251 g/mol. The van der Waals surface area contributed by atoms with Crippen LogP contribution in [0.2, 0.25) is 0 Å². The lowest BCUT2D eigenvalue weighted by Crippen LogP contribution is -2.08. The molecule has 0 saturated carbocycles. The van der Waals surface area contributed by atoms with Gasteiger partial charge in [-0.05, 0) is 73.2 Å². The summed E-state index contributed by atoms with van der Waals surface area (Å²) in [5, 5.41) is 10.6. The molecule has 20 heavy (non-hydrogen) atoms. The highest BCUT2D eigenvalue weighted by molar-refractivity contribution is 5.45. The highest BCUT2D eigenvalue weighted by Gasteiger charge is 2.16. The van der Waals surface area contributed by atoms with Gasteiger partial charge in [-0.1, -0.05) is 18.2 Å². The highest BCUT2D eigenvalue weighted by Crippen LogP contribution is 2.29. The minimum atomic E-state index is -0.556. The summed E-state index contributed by atoms with van der Waals surface area (Å²) in [5.74, 6) is -0.248. The second kappa shape index (κ2) is 5.76. The van der Waals surface area contributed by atoms with E-state index in [-0.39, 0.29) is 5.82 Å². The summed E-state index contributed by atoms with van der Waals surface area (Å²) < 4.78 is 12.9. The summed E-state index contributed by atoms with van der Waals surface area (Å²) in [5.41, 5.74) is 6.62. The largest absolute Gasteiger partial charge is 0.388 e. The SMILES string of the molecule is Cc1cc(C)c(C)c(C(O)Cc2ccc(F)cc2)c1C. The van der Waals surface area contributed by atoms with Crippen LogP contribution in [0.5, 0.6) is 0 Å². The van der Waals surface area contributed by atoms with E-state index in [0.29, 0.717) is 6.42 Å². The van der Waals surface area contributed by atoms with Crippen molar-refractivity contribution in [3.05, 3.63) is 69.5 Å². The van der Waals surface area contributed by atoms with Gasteiger partial charge in [-0.25, -0.2) is 4.39 Å². The molecule has 0 fully saturated rings. The van der Waals surface area contributed by atoms with Crippen LogP contribution in [0.4, 0.5) is 4.39 Å². The molecule has 0 aliphatic rings. The fourth-order valence-corrected chi connectivity index (χ4v) is 2.69. The lowest BCUT2D eigenvalue weighted by atomic mass is 9.88. The second-order valence-electron chi connectivity index (χ2n) is 5.52. The van der Waals surface area contributed by atoms with Crippen LogP contribution in [0.25, 0.3) is 0 Å². The third-order valence-electron chi connectivity index (χ3n) is 4.10. The van der Waals surface area contributed by atoms with E-state index in [0.717, 1.165) is 22.3 Å². The number of halogens is 1. The Balaban J connectivity index is 2.34. The maximum atomic E-state index is 12.9. The van der Waals surface area contributed by atoms with Crippen molar-refractivity contribution in [1.29, 1.82) is 0 Å².